The van der Waals surface area contributed by atoms with Crippen LogP contribution in [0, 0.1) is 0 Å². The number of nitrogens with one attached hydrogen (secondary N) is 1. The molecule has 0 saturated heterocycles. The van der Waals surface area contributed by atoms with Crippen molar-refractivity contribution < 1.29 is 18.0 Å². The van der Waals surface area contributed by atoms with Crippen LogP contribution in [-0.4, -0.2) is 16.1 Å². The molecule has 1 aromatic heterocycles. The van der Waals surface area contributed by atoms with Crippen LogP contribution in [0.5, 0.6) is 0 Å². The monoisotopic (exact) mass is 301 g/mol. The van der Waals surface area contributed by atoms with E-state index in [2.05, 4.69) is 15.5 Å². The van der Waals surface area contributed by atoms with Gasteiger partial charge in [0.15, 0.2) is 10.8 Å². The second kappa shape index (κ2) is 5.46. The topological polar surface area (TPSA) is 54.9 Å². The first-order chi connectivity index (χ1) is 9.36. The zero-order valence-electron chi connectivity index (χ0n) is 9.78. The highest BCUT2D eigenvalue weighted by atomic mass is 35.5. The van der Waals surface area contributed by atoms with Crippen molar-refractivity contribution in [3.05, 3.63) is 52.8 Å². The zero-order chi connectivity index (χ0) is 14.8. The van der Waals surface area contributed by atoms with Gasteiger partial charge in [-0.2, -0.15) is 13.2 Å². The molecule has 0 bridgehead atoms. The van der Waals surface area contributed by atoms with Crippen molar-refractivity contribution in [1.29, 1.82) is 0 Å². The van der Waals surface area contributed by atoms with Crippen LogP contribution < -0.4 is 5.32 Å². The Morgan fingerprint density at radius 3 is 2.20 bits per heavy atom. The maximum absolute atomic E-state index is 12.4. The van der Waals surface area contributed by atoms with E-state index in [1.54, 1.807) is 0 Å². The molecule has 0 saturated carbocycles. The second-order valence-corrected chi connectivity index (χ2v) is 4.16. The molecule has 0 spiro atoms. The third kappa shape index (κ3) is 3.45. The lowest BCUT2D eigenvalue weighted by Crippen LogP contribution is -2.14. The first-order valence-electron chi connectivity index (χ1n) is 5.34. The average Bonchev–Trinajstić information content (AvgIpc) is 2.39. The fourth-order valence-corrected chi connectivity index (χ4v) is 1.48. The third-order valence-corrected chi connectivity index (χ3v) is 2.54. The van der Waals surface area contributed by atoms with Crippen molar-refractivity contribution in [3.63, 3.8) is 0 Å². The molecule has 0 aliphatic heterocycles. The highest BCUT2D eigenvalue weighted by molar-refractivity contribution is 6.29. The molecule has 1 aromatic carbocycles. The van der Waals surface area contributed by atoms with Gasteiger partial charge in [-0.3, -0.25) is 4.79 Å². The predicted octanol–water partition coefficient (Wildman–Crippen LogP) is 3.40. The van der Waals surface area contributed by atoms with Gasteiger partial charge >= 0.3 is 6.18 Å². The molecule has 8 heteroatoms. The Kier molecular flexibility index (Phi) is 3.89. The number of halogens is 4. The number of hydrogen-bond acceptors (Lipinski definition) is 3. The van der Waals surface area contributed by atoms with Gasteiger partial charge < -0.3 is 5.32 Å². The highest BCUT2D eigenvalue weighted by Crippen LogP contribution is 2.29. The van der Waals surface area contributed by atoms with E-state index < -0.39 is 17.6 Å². The average molecular weight is 302 g/mol. The molecule has 0 fully saturated rings. The van der Waals surface area contributed by atoms with E-state index in [1.165, 1.54) is 12.1 Å². The quantitative estimate of drug-likeness (QED) is 0.925. The summed E-state index contributed by atoms with van der Waals surface area (Å²) in [6, 6.07) is 6.81. The van der Waals surface area contributed by atoms with Gasteiger partial charge in [-0.25, -0.2) is 0 Å². The van der Waals surface area contributed by atoms with Gasteiger partial charge in [0.1, 0.15) is 0 Å². The summed E-state index contributed by atoms with van der Waals surface area (Å²) in [4.78, 5) is 11.7. The van der Waals surface area contributed by atoms with Gasteiger partial charge in [-0.15, -0.1) is 10.2 Å². The van der Waals surface area contributed by atoms with E-state index in [1.807, 2.05) is 0 Å². The smallest absolute Gasteiger partial charge is 0.321 e. The molecular formula is C12H7ClF3N3O. The number of aromatic nitrogens is 2. The van der Waals surface area contributed by atoms with Gasteiger partial charge in [0.05, 0.1) is 5.56 Å². The molecule has 104 valence electrons. The van der Waals surface area contributed by atoms with Crippen LogP contribution in [-0.2, 0) is 6.18 Å². The van der Waals surface area contributed by atoms with Crippen molar-refractivity contribution >= 4 is 23.2 Å². The van der Waals surface area contributed by atoms with Gasteiger partial charge in [0, 0.05) is 5.69 Å². The van der Waals surface area contributed by atoms with E-state index >= 15 is 0 Å². The molecule has 0 aliphatic rings. The molecule has 0 unspecified atom stereocenters. The van der Waals surface area contributed by atoms with Crippen LogP contribution in [0.1, 0.15) is 16.1 Å². The predicted molar refractivity (Wildman–Crippen MR) is 66.4 cm³/mol. The van der Waals surface area contributed by atoms with Gasteiger partial charge in [-0.05, 0) is 36.4 Å². The molecule has 2 rings (SSSR count). The van der Waals surface area contributed by atoms with Crippen LogP contribution in [0.15, 0.2) is 36.4 Å². The Labute approximate surface area is 116 Å². The summed E-state index contributed by atoms with van der Waals surface area (Å²) in [7, 11) is 0. The number of alkyl halides is 3. The minimum atomic E-state index is -4.41. The Hall–Kier alpha value is -2.15. The zero-order valence-corrected chi connectivity index (χ0v) is 10.5. The molecule has 20 heavy (non-hydrogen) atoms. The molecule has 0 atom stereocenters. The minimum absolute atomic E-state index is 0.00861. The first-order valence-corrected chi connectivity index (χ1v) is 5.72. The number of carbonyl (C=O) groups excluding carboxylic acids is 1. The summed E-state index contributed by atoms with van der Waals surface area (Å²) in [6.07, 6.45) is -4.41. The molecule has 4 nitrogen and oxygen atoms in total. The van der Waals surface area contributed by atoms with E-state index in [0.717, 1.165) is 24.3 Å². The number of amides is 1. The lowest BCUT2D eigenvalue weighted by molar-refractivity contribution is -0.137. The van der Waals surface area contributed by atoms with E-state index in [-0.39, 0.29) is 16.5 Å². The Morgan fingerprint density at radius 1 is 1.05 bits per heavy atom. The highest BCUT2D eigenvalue weighted by Gasteiger charge is 2.29. The van der Waals surface area contributed by atoms with Crippen molar-refractivity contribution in [2.24, 2.45) is 0 Å². The van der Waals surface area contributed by atoms with Gasteiger partial charge in [0.25, 0.3) is 5.91 Å². The number of anilines is 1. The van der Waals surface area contributed by atoms with Crippen LogP contribution in [0.3, 0.4) is 0 Å². The fraction of sp³-hybridized carbons (Fsp3) is 0.0833. The van der Waals surface area contributed by atoms with Crippen molar-refractivity contribution in [1.82, 2.24) is 10.2 Å². The SMILES string of the molecule is O=C(Nc1ccc(C(F)(F)F)cc1)c1ccc(Cl)nn1. The lowest BCUT2D eigenvalue weighted by atomic mass is 10.2. The Balaban J connectivity index is 2.10. The van der Waals surface area contributed by atoms with Crippen LogP contribution in [0.2, 0.25) is 5.15 Å². The maximum atomic E-state index is 12.4. The number of rotatable bonds is 2. The summed E-state index contributed by atoms with van der Waals surface area (Å²) in [6.45, 7) is 0. The number of hydrogen-bond donors (Lipinski definition) is 1. The fourth-order valence-electron chi connectivity index (χ4n) is 1.37. The van der Waals surface area contributed by atoms with Gasteiger partial charge in [-0.1, -0.05) is 11.6 Å². The normalized spacial score (nSPS) is 11.2. The first kappa shape index (κ1) is 14.3. The van der Waals surface area contributed by atoms with Crippen molar-refractivity contribution in [2.75, 3.05) is 5.32 Å². The summed E-state index contributed by atoms with van der Waals surface area (Å²) in [5.41, 5.74) is -0.559. The Morgan fingerprint density at radius 2 is 1.70 bits per heavy atom. The summed E-state index contributed by atoms with van der Waals surface area (Å²) < 4.78 is 37.1. The maximum Gasteiger partial charge on any atom is 0.416 e. The molecule has 1 N–H and O–H groups in total. The standard InChI is InChI=1S/C12H7ClF3N3O/c13-10-6-5-9(18-19-10)11(20)17-8-3-1-7(2-4-8)12(14,15)16/h1-6H,(H,17,20). The van der Waals surface area contributed by atoms with Crippen molar-refractivity contribution in [3.8, 4) is 0 Å². The number of benzene rings is 1. The molecule has 1 heterocycles. The third-order valence-electron chi connectivity index (χ3n) is 2.33. The van der Waals surface area contributed by atoms with E-state index in [0.29, 0.717) is 0 Å². The lowest BCUT2D eigenvalue weighted by Gasteiger charge is -2.08. The van der Waals surface area contributed by atoms with Gasteiger partial charge in [0.2, 0.25) is 0 Å². The molecule has 1 amide bonds. The van der Waals surface area contributed by atoms with Crippen LogP contribution >= 0.6 is 11.6 Å². The second-order valence-electron chi connectivity index (χ2n) is 3.77. The van der Waals surface area contributed by atoms with E-state index in [9.17, 15) is 18.0 Å². The Bertz CT molecular complexity index is 611. The molecule has 0 radical (unpaired) electrons. The summed E-state index contributed by atoms with van der Waals surface area (Å²) in [5, 5.41) is 9.59. The molecular weight excluding hydrogens is 295 g/mol. The molecule has 2 aromatic rings. The number of nitrogens with zero attached hydrogens (tertiary/aromatic N) is 2. The van der Waals surface area contributed by atoms with Crippen LogP contribution in [0.25, 0.3) is 0 Å². The summed E-state index contributed by atoms with van der Waals surface area (Å²) >= 11 is 5.52. The minimum Gasteiger partial charge on any atom is -0.321 e. The number of carbonyl (C=O) groups is 1. The van der Waals surface area contributed by atoms with Crippen molar-refractivity contribution in [2.45, 2.75) is 6.18 Å². The molecule has 0 aliphatic carbocycles. The van der Waals surface area contributed by atoms with E-state index in [4.69, 9.17) is 11.6 Å². The van der Waals surface area contributed by atoms with Crippen LogP contribution in [0.4, 0.5) is 18.9 Å². The summed E-state index contributed by atoms with van der Waals surface area (Å²) in [5.74, 6) is -0.589. The largest absolute Gasteiger partial charge is 0.416 e.